The van der Waals surface area contributed by atoms with Crippen LogP contribution in [-0.4, -0.2) is 29.2 Å². The van der Waals surface area contributed by atoms with Gasteiger partial charge in [-0.1, -0.05) is 60.7 Å². The van der Waals surface area contributed by atoms with Crippen molar-refractivity contribution in [3.63, 3.8) is 0 Å². The molecule has 0 saturated heterocycles. The van der Waals surface area contributed by atoms with Crippen LogP contribution in [-0.2, 0) is 4.74 Å². The Balaban J connectivity index is 1.33. The number of ether oxygens (including phenoxy) is 1. The lowest BCUT2D eigenvalue weighted by Crippen LogP contribution is -2.26. The maximum Gasteiger partial charge on any atom is 0.407 e. The predicted molar refractivity (Wildman–Crippen MR) is 104 cm³/mol. The van der Waals surface area contributed by atoms with Crippen molar-refractivity contribution in [2.75, 3.05) is 13.2 Å². The van der Waals surface area contributed by atoms with E-state index in [-0.39, 0.29) is 19.1 Å². The van der Waals surface area contributed by atoms with Crippen LogP contribution in [0.4, 0.5) is 9.18 Å². The third-order valence-corrected chi connectivity index (χ3v) is 4.66. The smallest absolute Gasteiger partial charge is 0.407 e. The molecule has 0 spiro atoms. The van der Waals surface area contributed by atoms with Gasteiger partial charge in [-0.15, -0.1) is 0 Å². The Morgan fingerprint density at radius 2 is 1.64 bits per heavy atom. The normalized spacial score (nSPS) is 12.6. The molecule has 1 aliphatic carbocycles. The van der Waals surface area contributed by atoms with E-state index in [1.807, 2.05) is 24.3 Å². The average molecular weight is 375 g/mol. The first kappa shape index (κ1) is 17.9. The van der Waals surface area contributed by atoms with Crippen LogP contribution >= 0.6 is 0 Å². The fraction of sp³-hybridized carbons (Fsp3) is 0.136. The Labute approximate surface area is 161 Å². The number of alkyl carbamates (subject to hydrolysis) is 1. The van der Waals surface area contributed by atoms with Crippen LogP contribution < -0.4 is 5.32 Å². The van der Waals surface area contributed by atoms with E-state index in [1.165, 1.54) is 34.6 Å². The fourth-order valence-corrected chi connectivity index (χ4v) is 3.40. The molecule has 0 atom stereocenters. The second-order valence-corrected chi connectivity index (χ2v) is 6.39. The van der Waals surface area contributed by atoms with Crippen LogP contribution in [0.15, 0.2) is 67.0 Å². The summed E-state index contributed by atoms with van der Waals surface area (Å²) < 4.78 is 18.1. The van der Waals surface area contributed by atoms with E-state index in [4.69, 9.17) is 4.74 Å². The van der Waals surface area contributed by atoms with E-state index in [0.29, 0.717) is 5.56 Å². The van der Waals surface area contributed by atoms with Crippen molar-refractivity contribution in [1.29, 1.82) is 0 Å². The molecule has 3 aromatic rings. The second kappa shape index (κ2) is 8.00. The molecular weight excluding hydrogens is 357 g/mol. The lowest BCUT2D eigenvalue weighted by Gasteiger charge is -2.14. The van der Waals surface area contributed by atoms with Gasteiger partial charge in [0.2, 0.25) is 0 Å². The molecule has 1 aliphatic rings. The van der Waals surface area contributed by atoms with Crippen molar-refractivity contribution in [3.05, 3.63) is 89.8 Å². The lowest BCUT2D eigenvalue weighted by atomic mass is 9.98. The summed E-state index contributed by atoms with van der Waals surface area (Å²) in [6.07, 6.45) is 4.90. The van der Waals surface area contributed by atoms with Crippen LogP contribution in [0.25, 0.3) is 17.2 Å². The molecule has 1 N–H and O–H groups in total. The fourth-order valence-electron chi connectivity index (χ4n) is 3.40. The van der Waals surface area contributed by atoms with Crippen molar-refractivity contribution in [2.45, 2.75) is 5.92 Å². The molecular formula is C22H18FN3O2. The molecule has 0 unspecified atom stereocenters. The van der Waals surface area contributed by atoms with E-state index < -0.39 is 12.2 Å². The van der Waals surface area contributed by atoms with Crippen molar-refractivity contribution in [1.82, 2.24) is 15.3 Å². The van der Waals surface area contributed by atoms with Crippen molar-refractivity contribution in [3.8, 4) is 11.1 Å². The van der Waals surface area contributed by atoms with Gasteiger partial charge in [0.25, 0.3) is 0 Å². The summed E-state index contributed by atoms with van der Waals surface area (Å²) in [4.78, 5) is 19.0. The van der Waals surface area contributed by atoms with E-state index in [9.17, 15) is 9.18 Å². The van der Waals surface area contributed by atoms with Gasteiger partial charge < -0.3 is 10.1 Å². The third-order valence-electron chi connectivity index (χ3n) is 4.66. The highest BCUT2D eigenvalue weighted by Crippen LogP contribution is 2.44. The van der Waals surface area contributed by atoms with Crippen molar-refractivity contribution in [2.24, 2.45) is 0 Å². The molecule has 0 bridgehead atoms. The molecule has 140 valence electrons. The first-order valence-corrected chi connectivity index (χ1v) is 8.95. The number of amides is 1. The molecule has 6 heteroatoms. The molecule has 4 rings (SSSR count). The Kier molecular flexibility index (Phi) is 5.10. The van der Waals surface area contributed by atoms with E-state index in [2.05, 4.69) is 39.6 Å². The summed E-state index contributed by atoms with van der Waals surface area (Å²) in [5.41, 5.74) is 5.38. The molecule has 1 aromatic heterocycles. The number of rotatable bonds is 5. The number of nitrogens with one attached hydrogen (secondary N) is 1. The molecule has 1 amide bonds. The average Bonchev–Trinajstić information content (AvgIpc) is 3.05. The number of benzene rings is 2. The van der Waals surface area contributed by atoms with Crippen molar-refractivity contribution >= 4 is 12.2 Å². The highest BCUT2D eigenvalue weighted by atomic mass is 19.1. The molecule has 1 heterocycles. The van der Waals surface area contributed by atoms with E-state index >= 15 is 0 Å². The molecule has 28 heavy (non-hydrogen) atoms. The molecule has 0 fully saturated rings. The van der Waals surface area contributed by atoms with Gasteiger partial charge in [-0.25, -0.2) is 14.8 Å². The highest BCUT2D eigenvalue weighted by molar-refractivity contribution is 5.79. The molecule has 0 aliphatic heterocycles. The molecule has 0 saturated carbocycles. The number of aromatic nitrogens is 2. The van der Waals surface area contributed by atoms with Gasteiger partial charge in [0.05, 0.1) is 0 Å². The van der Waals surface area contributed by atoms with Crippen LogP contribution in [0, 0.1) is 6.08 Å². The number of halogens is 1. The number of hydrogen-bond donors (Lipinski definition) is 1. The number of nitrogens with zero attached hydrogens (tertiary/aromatic N) is 2. The maximum absolute atomic E-state index is 12.7. The third kappa shape index (κ3) is 3.76. The number of carbonyl (C=O) groups excluding carboxylic acids is 1. The summed E-state index contributed by atoms with van der Waals surface area (Å²) in [5, 5.41) is 2.67. The maximum atomic E-state index is 12.7. The summed E-state index contributed by atoms with van der Waals surface area (Å²) >= 11 is 0. The van der Waals surface area contributed by atoms with Gasteiger partial charge in [-0.2, -0.15) is 4.39 Å². The number of hydrogen-bond acceptors (Lipinski definition) is 4. The Hall–Kier alpha value is -3.54. The summed E-state index contributed by atoms with van der Waals surface area (Å²) in [5.74, 6) is 0.0325. The van der Waals surface area contributed by atoms with Gasteiger partial charge in [0, 0.05) is 30.4 Å². The molecule has 5 nitrogen and oxygen atoms in total. The monoisotopic (exact) mass is 375 g/mol. The Morgan fingerprint density at radius 1 is 1.04 bits per heavy atom. The summed E-state index contributed by atoms with van der Waals surface area (Å²) in [6.45, 7) is 0.559. The van der Waals surface area contributed by atoms with E-state index in [0.717, 1.165) is 0 Å². The SMILES string of the molecule is O=C(NCC=Cc1cnc(F)nc1)OCC1c2ccccc2-c2ccccc21. The Morgan fingerprint density at radius 3 is 2.29 bits per heavy atom. The highest BCUT2D eigenvalue weighted by Gasteiger charge is 2.28. The first-order chi connectivity index (χ1) is 13.7. The van der Waals surface area contributed by atoms with Crippen molar-refractivity contribution < 1.29 is 13.9 Å². The van der Waals surface area contributed by atoms with Gasteiger partial charge in [-0.05, 0) is 22.3 Å². The second-order valence-electron chi connectivity index (χ2n) is 6.39. The molecule has 2 aromatic carbocycles. The number of fused-ring (bicyclic) bond motifs is 3. The largest absolute Gasteiger partial charge is 0.449 e. The zero-order valence-corrected chi connectivity index (χ0v) is 15.0. The van der Waals surface area contributed by atoms with Crippen LogP contribution in [0.3, 0.4) is 0 Å². The minimum absolute atomic E-state index is 0.0325. The molecule has 0 radical (unpaired) electrons. The van der Waals surface area contributed by atoms with Crippen LogP contribution in [0.5, 0.6) is 0 Å². The van der Waals surface area contributed by atoms with Gasteiger partial charge in [0.1, 0.15) is 6.61 Å². The summed E-state index contributed by atoms with van der Waals surface area (Å²) in [7, 11) is 0. The Bertz CT molecular complexity index is 973. The summed E-state index contributed by atoms with van der Waals surface area (Å²) in [6, 6.07) is 16.4. The first-order valence-electron chi connectivity index (χ1n) is 8.95. The van der Waals surface area contributed by atoms with E-state index in [1.54, 1.807) is 12.2 Å². The number of carbonyl (C=O) groups is 1. The van der Waals surface area contributed by atoms with Crippen LogP contribution in [0.1, 0.15) is 22.6 Å². The predicted octanol–water partition coefficient (Wildman–Crippen LogP) is 4.17. The quantitative estimate of drug-likeness (QED) is 0.680. The topological polar surface area (TPSA) is 64.1 Å². The minimum Gasteiger partial charge on any atom is -0.449 e. The zero-order chi connectivity index (χ0) is 19.3. The minimum atomic E-state index is -0.770. The van der Waals surface area contributed by atoms with Gasteiger partial charge in [-0.3, -0.25) is 0 Å². The van der Waals surface area contributed by atoms with Crippen LogP contribution in [0.2, 0.25) is 0 Å². The standard InChI is InChI=1S/C22H18FN3O2/c23-21-25-12-15(13-26-21)6-5-11-24-22(27)28-14-20-18-9-3-1-7-16(18)17-8-2-4-10-19(17)20/h1-10,12-13,20H,11,14H2,(H,24,27). The lowest BCUT2D eigenvalue weighted by molar-refractivity contribution is 0.144. The zero-order valence-electron chi connectivity index (χ0n) is 15.0. The van der Waals surface area contributed by atoms with Gasteiger partial charge >= 0.3 is 12.2 Å². The van der Waals surface area contributed by atoms with Gasteiger partial charge in [0.15, 0.2) is 0 Å².